The molecule has 35 heavy (non-hydrogen) atoms. The van der Waals surface area contributed by atoms with Crippen LogP contribution in [0.5, 0.6) is 5.75 Å². The summed E-state index contributed by atoms with van der Waals surface area (Å²) in [5, 5.41) is 1.04. The van der Waals surface area contributed by atoms with E-state index in [0.717, 1.165) is 5.57 Å². The van der Waals surface area contributed by atoms with E-state index in [0.29, 0.717) is 55.0 Å². The second-order valence-corrected chi connectivity index (χ2v) is 10.8. The summed E-state index contributed by atoms with van der Waals surface area (Å²) in [6.07, 6.45) is 4.45. The quantitative estimate of drug-likeness (QED) is 0.365. The largest absolute Gasteiger partial charge is 0.488 e. The second-order valence-electron chi connectivity index (χ2n) is 8.19. The van der Waals surface area contributed by atoms with Crippen LogP contribution in [-0.2, 0) is 19.5 Å². The van der Waals surface area contributed by atoms with Crippen LogP contribution >= 0.6 is 23.2 Å². The van der Waals surface area contributed by atoms with Gasteiger partial charge in [-0.25, -0.2) is 13.1 Å². The number of nitrogens with zero attached hydrogens (tertiary/aromatic N) is 1. The standard InChI is InChI=1S/C24H35Cl2N3O5S/c1-18-16-23(29(2)3)24(9-4-19(25)17-22(18)26)34-20-5-7-21(8-6-20)35(30,31)28-11-13-33-15-14-32-12-10-27/h4-8,17,23-24,28H,1,9-16,27H2,2-3H3/b19-4+,22-17?/t23-,24-/m0/s1. The van der Waals surface area contributed by atoms with Gasteiger partial charge in [-0.1, -0.05) is 35.9 Å². The summed E-state index contributed by atoms with van der Waals surface area (Å²) in [5.74, 6) is 0.551. The maximum atomic E-state index is 12.6. The Balaban J connectivity index is 1.98. The van der Waals surface area contributed by atoms with Crippen molar-refractivity contribution in [2.75, 3.05) is 53.6 Å². The number of likely N-dealkylation sites (N-methyl/N-ethyl adjacent to an activating group) is 1. The maximum absolute atomic E-state index is 12.6. The summed E-state index contributed by atoms with van der Waals surface area (Å²) >= 11 is 12.6. The van der Waals surface area contributed by atoms with Crippen LogP contribution in [0.25, 0.3) is 0 Å². The first-order chi connectivity index (χ1) is 16.6. The molecule has 0 unspecified atom stereocenters. The Kier molecular flexibility index (Phi) is 12.7. The van der Waals surface area contributed by atoms with Gasteiger partial charge in [0.15, 0.2) is 0 Å². The van der Waals surface area contributed by atoms with Crippen LogP contribution in [0.2, 0.25) is 0 Å². The number of halogens is 2. The third kappa shape index (κ3) is 10.2. The van der Waals surface area contributed by atoms with Gasteiger partial charge < -0.3 is 24.8 Å². The normalized spacial score (nSPS) is 21.0. The van der Waals surface area contributed by atoms with E-state index in [1.165, 1.54) is 12.1 Å². The molecule has 0 saturated heterocycles. The summed E-state index contributed by atoms with van der Waals surface area (Å²) in [7, 11) is 0.258. The van der Waals surface area contributed by atoms with E-state index in [1.807, 2.05) is 20.2 Å². The molecule has 1 aliphatic carbocycles. The van der Waals surface area contributed by atoms with E-state index in [1.54, 1.807) is 18.2 Å². The minimum atomic E-state index is -3.67. The highest BCUT2D eigenvalue weighted by Gasteiger charge is 2.27. The number of benzene rings is 1. The van der Waals surface area contributed by atoms with Gasteiger partial charge in [-0.2, -0.15) is 0 Å². The molecule has 3 N–H and O–H groups in total. The van der Waals surface area contributed by atoms with E-state index in [-0.39, 0.29) is 30.2 Å². The van der Waals surface area contributed by atoms with Crippen molar-refractivity contribution < 1.29 is 22.6 Å². The summed E-state index contributed by atoms with van der Waals surface area (Å²) in [6.45, 7) is 6.18. The Bertz CT molecular complexity index is 981. The topological polar surface area (TPSA) is 103 Å². The van der Waals surface area contributed by atoms with Crippen LogP contribution in [0.3, 0.4) is 0 Å². The van der Waals surface area contributed by atoms with Gasteiger partial charge in [0, 0.05) is 29.6 Å². The molecular weight excluding hydrogens is 513 g/mol. The SMILES string of the molecule is C=C1C[C@H](N(C)C)[C@@H](Oc2ccc(S(=O)(=O)NCCOCCOCCN)cc2)C/C=C(/Cl)C=C1Cl. The molecule has 0 amide bonds. The molecule has 0 heterocycles. The van der Waals surface area contributed by atoms with Crippen molar-refractivity contribution in [3.05, 3.63) is 58.6 Å². The molecular formula is C24H35Cl2N3O5S. The van der Waals surface area contributed by atoms with Crippen LogP contribution in [0.1, 0.15) is 12.8 Å². The van der Waals surface area contributed by atoms with Crippen molar-refractivity contribution in [1.29, 1.82) is 0 Å². The Morgan fingerprint density at radius 2 is 1.77 bits per heavy atom. The monoisotopic (exact) mass is 547 g/mol. The van der Waals surface area contributed by atoms with Gasteiger partial charge in [-0.05, 0) is 56.4 Å². The fraction of sp³-hybridized carbons (Fsp3) is 0.500. The molecule has 1 aromatic carbocycles. The van der Waals surface area contributed by atoms with Crippen molar-refractivity contribution in [3.8, 4) is 5.75 Å². The zero-order valence-corrected chi connectivity index (χ0v) is 22.5. The lowest BCUT2D eigenvalue weighted by Gasteiger charge is -2.32. The minimum Gasteiger partial charge on any atom is -0.488 e. The molecule has 2 rings (SSSR count). The zero-order chi connectivity index (χ0) is 25.8. The van der Waals surface area contributed by atoms with E-state index >= 15 is 0 Å². The number of hydrogen-bond acceptors (Lipinski definition) is 7. The number of allylic oxidation sites excluding steroid dienone is 3. The fourth-order valence-electron chi connectivity index (χ4n) is 3.40. The third-order valence-electron chi connectivity index (χ3n) is 5.29. The molecule has 0 spiro atoms. The van der Waals surface area contributed by atoms with E-state index in [9.17, 15) is 8.42 Å². The van der Waals surface area contributed by atoms with Gasteiger partial charge in [-0.15, -0.1) is 0 Å². The molecule has 0 radical (unpaired) electrons. The van der Waals surface area contributed by atoms with Gasteiger partial charge >= 0.3 is 0 Å². The molecule has 0 aliphatic heterocycles. The molecule has 0 aromatic heterocycles. The van der Waals surface area contributed by atoms with Crippen LogP contribution in [-0.4, -0.2) is 79.1 Å². The number of rotatable bonds is 13. The Morgan fingerprint density at radius 1 is 1.11 bits per heavy atom. The molecule has 8 nitrogen and oxygen atoms in total. The minimum absolute atomic E-state index is 0.0192. The highest BCUT2D eigenvalue weighted by atomic mass is 35.5. The highest BCUT2D eigenvalue weighted by Crippen LogP contribution is 2.29. The molecule has 2 atom stereocenters. The van der Waals surface area contributed by atoms with Crippen molar-refractivity contribution in [1.82, 2.24) is 9.62 Å². The lowest BCUT2D eigenvalue weighted by atomic mass is 9.99. The lowest BCUT2D eigenvalue weighted by Crippen LogP contribution is -2.42. The average molecular weight is 549 g/mol. The van der Waals surface area contributed by atoms with Crippen molar-refractivity contribution in [2.45, 2.75) is 29.9 Å². The van der Waals surface area contributed by atoms with Crippen LogP contribution in [0.4, 0.5) is 0 Å². The van der Waals surface area contributed by atoms with Gasteiger partial charge in [0.1, 0.15) is 11.9 Å². The van der Waals surface area contributed by atoms with Crippen molar-refractivity contribution in [3.63, 3.8) is 0 Å². The van der Waals surface area contributed by atoms with E-state index < -0.39 is 10.0 Å². The molecule has 1 aliphatic rings. The lowest BCUT2D eigenvalue weighted by molar-refractivity contribution is 0.0530. The van der Waals surface area contributed by atoms with Crippen LogP contribution in [0.15, 0.2) is 63.5 Å². The van der Waals surface area contributed by atoms with Crippen LogP contribution < -0.4 is 15.2 Å². The Hall–Kier alpha value is -1.43. The highest BCUT2D eigenvalue weighted by molar-refractivity contribution is 7.89. The second kappa shape index (κ2) is 15.0. The first kappa shape index (κ1) is 29.8. The average Bonchev–Trinajstić information content (AvgIpc) is 2.86. The molecule has 0 saturated carbocycles. The van der Waals surface area contributed by atoms with Crippen molar-refractivity contribution in [2.24, 2.45) is 5.73 Å². The van der Waals surface area contributed by atoms with Gasteiger partial charge in [0.25, 0.3) is 0 Å². The summed E-state index contributed by atoms with van der Waals surface area (Å²) in [4.78, 5) is 2.20. The molecule has 1 aromatic rings. The zero-order valence-electron chi connectivity index (χ0n) is 20.2. The fourth-order valence-corrected chi connectivity index (χ4v) is 4.86. The van der Waals surface area contributed by atoms with Gasteiger partial charge in [0.2, 0.25) is 10.0 Å². The Labute approximate surface area is 218 Å². The number of sulfonamides is 1. The predicted octanol–water partition coefficient (Wildman–Crippen LogP) is 3.23. The molecule has 0 fully saturated rings. The summed E-state index contributed by atoms with van der Waals surface area (Å²) in [6, 6.07) is 6.29. The summed E-state index contributed by atoms with van der Waals surface area (Å²) in [5.41, 5.74) is 6.10. The van der Waals surface area contributed by atoms with Crippen molar-refractivity contribution >= 4 is 33.2 Å². The predicted molar refractivity (Wildman–Crippen MR) is 140 cm³/mol. The Morgan fingerprint density at radius 3 is 2.40 bits per heavy atom. The molecule has 0 bridgehead atoms. The smallest absolute Gasteiger partial charge is 0.240 e. The molecule has 196 valence electrons. The van der Waals surface area contributed by atoms with Gasteiger partial charge in [-0.3, -0.25) is 0 Å². The first-order valence-corrected chi connectivity index (χ1v) is 13.6. The number of nitrogens with one attached hydrogen (secondary N) is 1. The number of hydrogen-bond donors (Lipinski definition) is 2. The van der Waals surface area contributed by atoms with Gasteiger partial charge in [0.05, 0.1) is 37.4 Å². The van der Waals surface area contributed by atoms with E-state index in [4.69, 9.17) is 43.1 Å². The summed E-state index contributed by atoms with van der Waals surface area (Å²) < 4.78 is 44.5. The maximum Gasteiger partial charge on any atom is 0.240 e. The third-order valence-corrected chi connectivity index (χ3v) is 7.41. The number of nitrogens with two attached hydrogens (primary N) is 1. The molecule has 11 heteroatoms. The number of ether oxygens (including phenoxy) is 3. The van der Waals surface area contributed by atoms with E-state index in [2.05, 4.69) is 16.2 Å². The van der Waals surface area contributed by atoms with Crippen LogP contribution in [0, 0.1) is 0 Å². The first-order valence-electron chi connectivity index (χ1n) is 11.3.